The highest BCUT2D eigenvalue weighted by atomic mass is 19.1. The van der Waals surface area contributed by atoms with E-state index in [-0.39, 0.29) is 22.5 Å². The van der Waals surface area contributed by atoms with Gasteiger partial charge in [-0.05, 0) is 54.4 Å². The molecular formula is C23H15F3N2O2. The Kier molecular flexibility index (Phi) is 4.87. The lowest BCUT2D eigenvalue weighted by Crippen LogP contribution is -2.33. The fraction of sp³-hybridized carbons (Fsp3) is 0.0435. The third-order valence-corrected chi connectivity index (χ3v) is 4.65. The third kappa shape index (κ3) is 3.45. The number of rotatable bonds is 4. The minimum Gasteiger partial charge on any atom is -0.350 e. The van der Waals surface area contributed by atoms with Crippen LogP contribution in [0.1, 0.15) is 11.1 Å². The molecule has 0 aromatic heterocycles. The molecule has 4 nitrogen and oxygen atoms in total. The smallest absolute Gasteiger partial charge is 0.282 e. The van der Waals surface area contributed by atoms with E-state index in [9.17, 15) is 22.8 Å². The molecule has 0 saturated carbocycles. The van der Waals surface area contributed by atoms with E-state index >= 15 is 0 Å². The van der Waals surface area contributed by atoms with Crippen LogP contribution in [0.15, 0.2) is 72.4 Å². The SMILES string of the molecule is Cc1cccc(NC2=C(c3ccc(F)cc3)C(=O)N(c3ccc(F)cc3F)C2=O)c1. The van der Waals surface area contributed by atoms with E-state index in [0.29, 0.717) is 16.7 Å². The van der Waals surface area contributed by atoms with Crippen molar-refractivity contribution in [3.63, 3.8) is 0 Å². The number of halogens is 3. The Hall–Kier alpha value is -3.87. The van der Waals surface area contributed by atoms with Gasteiger partial charge >= 0.3 is 0 Å². The van der Waals surface area contributed by atoms with E-state index in [1.807, 2.05) is 13.0 Å². The molecule has 30 heavy (non-hydrogen) atoms. The van der Waals surface area contributed by atoms with Crippen LogP contribution in [0.5, 0.6) is 0 Å². The summed E-state index contributed by atoms with van der Waals surface area (Å²) in [6.07, 6.45) is 0. The summed E-state index contributed by atoms with van der Waals surface area (Å²) in [6, 6.07) is 14.7. The van der Waals surface area contributed by atoms with Gasteiger partial charge in [0.15, 0.2) is 0 Å². The van der Waals surface area contributed by atoms with Crippen LogP contribution in [0.4, 0.5) is 24.5 Å². The van der Waals surface area contributed by atoms with Gasteiger partial charge < -0.3 is 5.32 Å². The Morgan fingerprint density at radius 3 is 2.17 bits per heavy atom. The molecule has 3 aromatic carbocycles. The minimum absolute atomic E-state index is 0.0368. The van der Waals surface area contributed by atoms with Crippen LogP contribution >= 0.6 is 0 Å². The normalized spacial score (nSPS) is 13.9. The molecule has 0 spiro atoms. The van der Waals surface area contributed by atoms with E-state index in [1.54, 1.807) is 18.2 Å². The van der Waals surface area contributed by atoms with Gasteiger partial charge in [-0.1, -0.05) is 24.3 Å². The predicted octanol–water partition coefficient (Wildman–Crippen LogP) is 4.81. The zero-order chi connectivity index (χ0) is 21.4. The molecule has 1 aliphatic heterocycles. The van der Waals surface area contributed by atoms with E-state index in [0.717, 1.165) is 29.8 Å². The molecule has 1 heterocycles. The van der Waals surface area contributed by atoms with Crippen LogP contribution in [-0.2, 0) is 9.59 Å². The average molecular weight is 408 g/mol. The van der Waals surface area contributed by atoms with Gasteiger partial charge in [-0.3, -0.25) is 9.59 Å². The van der Waals surface area contributed by atoms with Gasteiger partial charge in [-0.15, -0.1) is 0 Å². The quantitative estimate of drug-likeness (QED) is 0.631. The van der Waals surface area contributed by atoms with Crippen LogP contribution in [0.3, 0.4) is 0 Å². The summed E-state index contributed by atoms with van der Waals surface area (Å²) >= 11 is 0. The Labute approximate surface area is 170 Å². The highest BCUT2D eigenvalue weighted by Gasteiger charge is 2.41. The van der Waals surface area contributed by atoms with Gasteiger partial charge in [-0.2, -0.15) is 0 Å². The van der Waals surface area contributed by atoms with Crippen molar-refractivity contribution < 1.29 is 22.8 Å². The zero-order valence-electron chi connectivity index (χ0n) is 15.7. The summed E-state index contributed by atoms with van der Waals surface area (Å²) in [6.45, 7) is 1.86. The lowest BCUT2D eigenvalue weighted by atomic mass is 10.0. The van der Waals surface area contributed by atoms with Gasteiger partial charge in [0.25, 0.3) is 11.8 Å². The van der Waals surface area contributed by atoms with Gasteiger partial charge in [0, 0.05) is 11.8 Å². The highest BCUT2D eigenvalue weighted by molar-refractivity contribution is 6.46. The third-order valence-electron chi connectivity index (χ3n) is 4.65. The van der Waals surface area contributed by atoms with Crippen molar-refractivity contribution in [2.75, 3.05) is 10.2 Å². The van der Waals surface area contributed by atoms with E-state index in [2.05, 4.69) is 5.32 Å². The van der Waals surface area contributed by atoms with E-state index in [4.69, 9.17) is 0 Å². The number of nitrogens with zero attached hydrogens (tertiary/aromatic N) is 1. The molecule has 2 amide bonds. The fourth-order valence-corrected chi connectivity index (χ4v) is 3.28. The summed E-state index contributed by atoms with van der Waals surface area (Å²) in [7, 11) is 0. The molecule has 1 N–H and O–H groups in total. The maximum atomic E-state index is 14.4. The van der Waals surface area contributed by atoms with Crippen LogP contribution in [-0.4, -0.2) is 11.8 Å². The number of amides is 2. The van der Waals surface area contributed by atoms with Gasteiger partial charge in [-0.25, -0.2) is 18.1 Å². The summed E-state index contributed by atoms with van der Waals surface area (Å²) in [4.78, 5) is 26.9. The topological polar surface area (TPSA) is 49.4 Å². The van der Waals surface area contributed by atoms with Gasteiger partial charge in [0.2, 0.25) is 0 Å². The summed E-state index contributed by atoms with van der Waals surface area (Å²) in [5.41, 5.74) is 1.27. The number of carbonyl (C=O) groups is 2. The van der Waals surface area contributed by atoms with Gasteiger partial charge in [0.1, 0.15) is 23.1 Å². The molecule has 0 fully saturated rings. The molecule has 0 atom stereocenters. The number of carbonyl (C=O) groups excluding carboxylic acids is 2. The zero-order valence-corrected chi connectivity index (χ0v) is 15.7. The Bertz CT molecular complexity index is 1200. The van der Waals surface area contributed by atoms with Gasteiger partial charge in [0.05, 0.1) is 11.3 Å². The van der Waals surface area contributed by atoms with Crippen molar-refractivity contribution in [2.45, 2.75) is 6.92 Å². The summed E-state index contributed by atoms with van der Waals surface area (Å²) in [5, 5.41) is 2.93. The Balaban J connectivity index is 1.84. The fourth-order valence-electron chi connectivity index (χ4n) is 3.28. The standard InChI is InChI=1S/C23H15F3N2O2/c1-13-3-2-4-17(11-13)27-21-20(14-5-7-15(24)8-6-14)22(29)28(23(21)30)19-10-9-16(25)12-18(19)26/h2-12,27H,1H3. The molecule has 0 aliphatic carbocycles. The maximum Gasteiger partial charge on any atom is 0.282 e. The van der Waals surface area contributed by atoms with Crippen molar-refractivity contribution in [1.82, 2.24) is 0 Å². The number of hydrogen-bond acceptors (Lipinski definition) is 3. The number of imide groups is 1. The predicted molar refractivity (Wildman–Crippen MR) is 107 cm³/mol. The van der Waals surface area contributed by atoms with Crippen molar-refractivity contribution in [2.24, 2.45) is 0 Å². The second-order valence-electron chi connectivity index (χ2n) is 6.79. The number of anilines is 2. The first kappa shape index (κ1) is 19.4. The lowest BCUT2D eigenvalue weighted by molar-refractivity contribution is -0.120. The second kappa shape index (κ2) is 7.51. The summed E-state index contributed by atoms with van der Waals surface area (Å²) < 4.78 is 41.1. The molecule has 0 radical (unpaired) electrons. The van der Waals surface area contributed by atoms with E-state index in [1.165, 1.54) is 12.1 Å². The van der Waals surface area contributed by atoms with Crippen molar-refractivity contribution >= 4 is 28.8 Å². The number of benzene rings is 3. The molecule has 3 aromatic rings. The first-order valence-corrected chi connectivity index (χ1v) is 9.03. The molecule has 7 heteroatoms. The Morgan fingerprint density at radius 2 is 1.50 bits per heavy atom. The lowest BCUT2D eigenvalue weighted by Gasteiger charge is -2.16. The number of nitrogens with one attached hydrogen (secondary N) is 1. The van der Waals surface area contributed by atoms with Crippen LogP contribution in [0.2, 0.25) is 0 Å². The van der Waals surface area contributed by atoms with Crippen molar-refractivity contribution in [3.8, 4) is 0 Å². The van der Waals surface area contributed by atoms with Crippen LogP contribution in [0, 0.1) is 24.4 Å². The molecular weight excluding hydrogens is 393 g/mol. The summed E-state index contributed by atoms with van der Waals surface area (Å²) in [5.74, 6) is -3.99. The molecule has 4 rings (SSSR count). The number of hydrogen-bond donors (Lipinski definition) is 1. The minimum atomic E-state index is -1.05. The largest absolute Gasteiger partial charge is 0.350 e. The van der Waals surface area contributed by atoms with Crippen LogP contribution < -0.4 is 10.2 Å². The average Bonchev–Trinajstić information content (AvgIpc) is 2.93. The first-order valence-electron chi connectivity index (χ1n) is 9.03. The molecule has 1 aliphatic rings. The monoisotopic (exact) mass is 408 g/mol. The molecule has 0 unspecified atom stereocenters. The maximum absolute atomic E-state index is 14.4. The first-order chi connectivity index (χ1) is 14.3. The molecule has 150 valence electrons. The second-order valence-corrected chi connectivity index (χ2v) is 6.79. The Morgan fingerprint density at radius 1 is 0.800 bits per heavy atom. The van der Waals surface area contributed by atoms with E-state index < -0.39 is 29.3 Å². The van der Waals surface area contributed by atoms with Crippen molar-refractivity contribution in [1.29, 1.82) is 0 Å². The number of aryl methyl sites for hydroxylation is 1. The molecule has 0 bridgehead atoms. The molecule has 0 saturated heterocycles. The van der Waals surface area contributed by atoms with Crippen molar-refractivity contribution in [3.05, 3.63) is 101 Å². The van der Waals surface area contributed by atoms with Crippen LogP contribution in [0.25, 0.3) is 5.57 Å². The highest BCUT2D eigenvalue weighted by Crippen LogP contribution is 2.35.